The molecule has 3 nitrogen and oxygen atoms in total. The van der Waals surface area contributed by atoms with E-state index in [4.69, 9.17) is 0 Å². The van der Waals surface area contributed by atoms with E-state index in [-0.39, 0.29) is 11.2 Å². The second kappa shape index (κ2) is 6.20. The molecule has 2 rings (SSSR count). The smallest absolute Gasteiger partial charge is 0.136 e. The van der Waals surface area contributed by atoms with Gasteiger partial charge >= 0.3 is 0 Å². The first-order valence-electron chi connectivity index (χ1n) is 7.30. The summed E-state index contributed by atoms with van der Waals surface area (Å²) >= 11 is 0. The van der Waals surface area contributed by atoms with Crippen molar-refractivity contribution >= 4 is 5.82 Å². The van der Waals surface area contributed by atoms with Gasteiger partial charge in [0.15, 0.2) is 0 Å². The zero-order chi connectivity index (χ0) is 15.5. The summed E-state index contributed by atoms with van der Waals surface area (Å²) in [6.45, 7) is 9.08. The van der Waals surface area contributed by atoms with Crippen LogP contribution >= 0.6 is 0 Å². The second-order valence-corrected chi connectivity index (χ2v) is 6.12. The first kappa shape index (κ1) is 15.4. The van der Waals surface area contributed by atoms with Crippen molar-refractivity contribution in [3.8, 4) is 11.3 Å². The molecule has 0 unspecified atom stereocenters. The molecule has 1 N–H and O–H groups in total. The first-order chi connectivity index (χ1) is 9.91. The van der Waals surface area contributed by atoms with Crippen LogP contribution in [-0.2, 0) is 5.41 Å². The molecule has 112 valence electrons. The number of halogens is 1. The largest absolute Gasteiger partial charge is 0.370 e. The number of nitrogens with zero attached hydrogens (tertiary/aromatic N) is 2. The van der Waals surface area contributed by atoms with Gasteiger partial charge in [0, 0.05) is 23.6 Å². The summed E-state index contributed by atoms with van der Waals surface area (Å²) in [5, 5.41) is 3.26. The van der Waals surface area contributed by atoms with Crippen molar-refractivity contribution in [3.63, 3.8) is 0 Å². The molecule has 0 aliphatic carbocycles. The number of anilines is 1. The number of benzene rings is 1. The quantitative estimate of drug-likeness (QED) is 0.905. The van der Waals surface area contributed by atoms with Crippen LogP contribution in [0.2, 0.25) is 0 Å². The van der Waals surface area contributed by atoms with Crippen LogP contribution in [0, 0.1) is 5.82 Å². The maximum atomic E-state index is 14.0. The molecule has 0 radical (unpaired) electrons. The van der Waals surface area contributed by atoms with Crippen LogP contribution in [0.4, 0.5) is 10.2 Å². The second-order valence-electron chi connectivity index (χ2n) is 6.12. The van der Waals surface area contributed by atoms with Gasteiger partial charge in [0.25, 0.3) is 0 Å². The van der Waals surface area contributed by atoms with E-state index in [9.17, 15) is 4.39 Å². The van der Waals surface area contributed by atoms with Crippen LogP contribution in [0.1, 0.15) is 39.9 Å². The molecule has 21 heavy (non-hydrogen) atoms. The Morgan fingerprint density at radius 1 is 1.14 bits per heavy atom. The highest BCUT2D eigenvalue weighted by molar-refractivity contribution is 5.63. The van der Waals surface area contributed by atoms with Crippen LogP contribution < -0.4 is 5.32 Å². The summed E-state index contributed by atoms with van der Waals surface area (Å²) in [6, 6.07) is 8.50. The Balaban J connectivity index is 2.52. The fourth-order valence-corrected chi connectivity index (χ4v) is 1.93. The molecule has 0 aliphatic heterocycles. The van der Waals surface area contributed by atoms with E-state index in [2.05, 4.69) is 43.0 Å². The van der Waals surface area contributed by atoms with Gasteiger partial charge in [-0.25, -0.2) is 14.4 Å². The highest BCUT2D eigenvalue weighted by atomic mass is 19.1. The van der Waals surface area contributed by atoms with Gasteiger partial charge in [0.2, 0.25) is 0 Å². The van der Waals surface area contributed by atoms with Gasteiger partial charge in [-0.2, -0.15) is 0 Å². The number of hydrogen-bond acceptors (Lipinski definition) is 3. The topological polar surface area (TPSA) is 37.8 Å². The van der Waals surface area contributed by atoms with Gasteiger partial charge in [-0.1, -0.05) is 39.8 Å². The normalized spacial score (nSPS) is 11.5. The molecular weight excluding hydrogens is 265 g/mol. The average molecular weight is 287 g/mol. The predicted octanol–water partition coefficient (Wildman–Crippen LogP) is 4.40. The minimum atomic E-state index is -0.266. The Labute approximate surface area is 125 Å². The summed E-state index contributed by atoms with van der Waals surface area (Å²) in [4.78, 5) is 9.11. The van der Waals surface area contributed by atoms with Gasteiger partial charge in [-0.05, 0) is 18.6 Å². The molecule has 0 atom stereocenters. The Morgan fingerprint density at radius 3 is 2.48 bits per heavy atom. The van der Waals surface area contributed by atoms with Gasteiger partial charge < -0.3 is 5.32 Å². The Hall–Kier alpha value is -1.97. The van der Waals surface area contributed by atoms with Crippen molar-refractivity contribution in [1.82, 2.24) is 9.97 Å². The molecule has 0 bridgehead atoms. The molecule has 0 aliphatic rings. The van der Waals surface area contributed by atoms with Crippen LogP contribution in [0.5, 0.6) is 0 Å². The van der Waals surface area contributed by atoms with Crippen molar-refractivity contribution in [2.24, 2.45) is 0 Å². The van der Waals surface area contributed by atoms with Crippen LogP contribution in [0.3, 0.4) is 0 Å². The highest BCUT2D eigenvalue weighted by Gasteiger charge is 2.20. The molecule has 0 saturated carbocycles. The Kier molecular flexibility index (Phi) is 4.56. The molecule has 2 aromatic rings. The van der Waals surface area contributed by atoms with Crippen molar-refractivity contribution in [2.75, 3.05) is 11.9 Å². The zero-order valence-corrected chi connectivity index (χ0v) is 13.1. The van der Waals surface area contributed by atoms with Crippen molar-refractivity contribution in [2.45, 2.75) is 39.5 Å². The van der Waals surface area contributed by atoms with E-state index < -0.39 is 0 Å². The standard InChI is InChI=1S/C17H22FN3/c1-5-10-19-15-11-14(12-8-6-7-9-13(12)18)20-16(21-15)17(2,3)4/h6-9,11H,5,10H2,1-4H3,(H,19,20,21). The van der Waals surface area contributed by atoms with Gasteiger partial charge in [-0.15, -0.1) is 0 Å². The SMILES string of the molecule is CCCNc1cc(-c2ccccc2F)nc(C(C)(C)C)n1. The summed E-state index contributed by atoms with van der Waals surface area (Å²) in [7, 11) is 0. The number of nitrogens with one attached hydrogen (secondary N) is 1. The predicted molar refractivity (Wildman–Crippen MR) is 84.9 cm³/mol. The maximum absolute atomic E-state index is 14.0. The van der Waals surface area contributed by atoms with E-state index in [1.807, 2.05) is 12.1 Å². The molecule has 1 aromatic heterocycles. The highest BCUT2D eigenvalue weighted by Crippen LogP contribution is 2.27. The lowest BCUT2D eigenvalue weighted by Crippen LogP contribution is -2.18. The van der Waals surface area contributed by atoms with Gasteiger partial charge in [0.05, 0.1) is 5.69 Å². The molecule has 1 heterocycles. The monoisotopic (exact) mass is 287 g/mol. The van der Waals surface area contributed by atoms with Crippen LogP contribution in [0.15, 0.2) is 30.3 Å². The minimum Gasteiger partial charge on any atom is -0.370 e. The third kappa shape index (κ3) is 3.78. The van der Waals surface area contributed by atoms with Gasteiger partial charge in [-0.3, -0.25) is 0 Å². The van der Waals surface area contributed by atoms with E-state index in [1.54, 1.807) is 12.1 Å². The third-order valence-electron chi connectivity index (χ3n) is 3.10. The lowest BCUT2D eigenvalue weighted by molar-refractivity contribution is 0.546. The molecule has 1 aromatic carbocycles. The number of aromatic nitrogens is 2. The fourth-order valence-electron chi connectivity index (χ4n) is 1.93. The van der Waals surface area contributed by atoms with Crippen molar-refractivity contribution in [3.05, 3.63) is 42.0 Å². The van der Waals surface area contributed by atoms with E-state index in [0.717, 1.165) is 18.8 Å². The summed E-state index contributed by atoms with van der Waals surface area (Å²) < 4.78 is 14.0. The summed E-state index contributed by atoms with van der Waals surface area (Å²) in [5.74, 6) is 1.19. The number of rotatable bonds is 4. The number of hydrogen-bond donors (Lipinski definition) is 1. The summed E-state index contributed by atoms with van der Waals surface area (Å²) in [6.07, 6.45) is 1.00. The zero-order valence-electron chi connectivity index (χ0n) is 13.1. The van der Waals surface area contributed by atoms with E-state index >= 15 is 0 Å². The molecule has 0 fully saturated rings. The lowest BCUT2D eigenvalue weighted by Gasteiger charge is -2.19. The van der Waals surface area contributed by atoms with E-state index in [1.165, 1.54) is 6.07 Å². The average Bonchev–Trinajstić information content (AvgIpc) is 2.44. The maximum Gasteiger partial charge on any atom is 0.136 e. The minimum absolute atomic E-state index is 0.191. The molecule has 4 heteroatoms. The molecular formula is C17H22FN3. The van der Waals surface area contributed by atoms with Crippen molar-refractivity contribution in [1.29, 1.82) is 0 Å². The third-order valence-corrected chi connectivity index (χ3v) is 3.10. The van der Waals surface area contributed by atoms with Gasteiger partial charge in [0.1, 0.15) is 17.5 Å². The Morgan fingerprint density at radius 2 is 1.86 bits per heavy atom. The molecule has 0 amide bonds. The fraction of sp³-hybridized carbons (Fsp3) is 0.412. The lowest BCUT2D eigenvalue weighted by atomic mass is 9.95. The van der Waals surface area contributed by atoms with Crippen LogP contribution in [-0.4, -0.2) is 16.5 Å². The molecule has 0 spiro atoms. The van der Waals surface area contributed by atoms with Crippen LogP contribution in [0.25, 0.3) is 11.3 Å². The Bertz CT molecular complexity index is 618. The van der Waals surface area contributed by atoms with E-state index in [0.29, 0.717) is 17.1 Å². The van der Waals surface area contributed by atoms with Crippen molar-refractivity contribution < 1.29 is 4.39 Å². The summed E-state index contributed by atoms with van der Waals surface area (Å²) in [5.41, 5.74) is 0.931. The molecule has 0 saturated heterocycles. The first-order valence-corrected chi connectivity index (χ1v) is 7.30.